The van der Waals surface area contributed by atoms with Gasteiger partial charge in [0.15, 0.2) is 0 Å². The molecule has 2 N–H and O–H groups in total. The predicted octanol–water partition coefficient (Wildman–Crippen LogP) is 3.96. The van der Waals surface area contributed by atoms with Crippen molar-refractivity contribution in [3.05, 3.63) is 64.1 Å². The van der Waals surface area contributed by atoms with E-state index < -0.39 is 0 Å². The Morgan fingerprint density at radius 2 is 1.76 bits per heavy atom. The van der Waals surface area contributed by atoms with Crippen molar-refractivity contribution >= 4 is 39.6 Å². The van der Waals surface area contributed by atoms with Crippen LogP contribution in [0, 0.1) is 0 Å². The van der Waals surface area contributed by atoms with Crippen LogP contribution in [-0.2, 0) is 4.79 Å². The van der Waals surface area contributed by atoms with Gasteiger partial charge in [0.05, 0.1) is 11.8 Å². The minimum atomic E-state index is -0.108. The summed E-state index contributed by atoms with van der Waals surface area (Å²) in [6, 6.07) is 15.2. The second-order valence-electron chi connectivity index (χ2n) is 6.83. The molecule has 0 saturated heterocycles. The van der Waals surface area contributed by atoms with Crippen molar-refractivity contribution in [1.29, 1.82) is 0 Å². The van der Waals surface area contributed by atoms with Crippen LogP contribution < -0.4 is 15.6 Å². The first-order valence-electron chi connectivity index (χ1n) is 9.59. The van der Waals surface area contributed by atoms with Gasteiger partial charge in [-0.1, -0.05) is 30.7 Å². The number of anilines is 1. The van der Waals surface area contributed by atoms with E-state index in [0.29, 0.717) is 18.5 Å². The summed E-state index contributed by atoms with van der Waals surface area (Å²) >= 11 is 3.37. The number of halogens is 1. The third-order valence-electron chi connectivity index (χ3n) is 4.30. The number of amides is 2. The molecule has 0 bridgehead atoms. The molecule has 0 heterocycles. The van der Waals surface area contributed by atoms with Gasteiger partial charge in [-0.25, -0.2) is 5.43 Å². The Hall–Kier alpha value is -2.67. The smallest absolute Gasteiger partial charge is 0.252 e. The summed E-state index contributed by atoms with van der Waals surface area (Å²) < 4.78 is 0.781. The summed E-state index contributed by atoms with van der Waals surface area (Å²) in [6.45, 7) is 0.586. The van der Waals surface area contributed by atoms with Gasteiger partial charge in [0.2, 0.25) is 5.91 Å². The minimum Gasteiger partial charge on any atom is -0.378 e. The van der Waals surface area contributed by atoms with E-state index in [4.69, 9.17) is 0 Å². The summed E-state index contributed by atoms with van der Waals surface area (Å²) in [5.74, 6) is -0.202. The number of hydrazone groups is 1. The van der Waals surface area contributed by atoms with Gasteiger partial charge in [0.25, 0.3) is 5.91 Å². The second-order valence-corrected chi connectivity index (χ2v) is 7.68. The number of carbonyl (C=O) groups excluding carboxylic acids is 2. The molecule has 2 amide bonds. The van der Waals surface area contributed by atoms with Gasteiger partial charge in [0.1, 0.15) is 0 Å². The Kier molecular flexibility index (Phi) is 9.37. The summed E-state index contributed by atoms with van der Waals surface area (Å²) in [7, 11) is 3.97. The van der Waals surface area contributed by atoms with E-state index in [9.17, 15) is 9.59 Å². The number of nitrogens with zero attached hydrogens (tertiary/aromatic N) is 2. The van der Waals surface area contributed by atoms with Gasteiger partial charge >= 0.3 is 0 Å². The highest BCUT2D eigenvalue weighted by Crippen LogP contribution is 2.15. The highest BCUT2D eigenvalue weighted by molar-refractivity contribution is 9.10. The third kappa shape index (κ3) is 8.07. The van der Waals surface area contributed by atoms with E-state index in [2.05, 4.69) is 31.8 Å². The molecule has 2 aromatic rings. The van der Waals surface area contributed by atoms with Crippen LogP contribution in [0.1, 0.15) is 41.6 Å². The van der Waals surface area contributed by atoms with Crippen LogP contribution in [0.2, 0.25) is 0 Å². The molecule has 0 aliphatic carbocycles. The molecule has 0 saturated carbocycles. The van der Waals surface area contributed by atoms with E-state index in [-0.39, 0.29) is 11.8 Å². The highest BCUT2D eigenvalue weighted by Gasteiger charge is 2.08. The van der Waals surface area contributed by atoms with Crippen molar-refractivity contribution in [3.63, 3.8) is 0 Å². The Labute approximate surface area is 180 Å². The van der Waals surface area contributed by atoms with Crippen molar-refractivity contribution < 1.29 is 9.59 Å². The first-order chi connectivity index (χ1) is 14.0. The predicted molar refractivity (Wildman–Crippen MR) is 121 cm³/mol. The third-order valence-corrected chi connectivity index (χ3v) is 4.99. The van der Waals surface area contributed by atoms with E-state index in [1.165, 1.54) is 0 Å². The van der Waals surface area contributed by atoms with Crippen molar-refractivity contribution in [2.45, 2.75) is 25.7 Å². The second kappa shape index (κ2) is 12.0. The molecule has 2 aromatic carbocycles. The number of benzene rings is 2. The lowest BCUT2D eigenvalue weighted by atomic mass is 10.2. The zero-order valence-electron chi connectivity index (χ0n) is 16.8. The summed E-state index contributed by atoms with van der Waals surface area (Å²) in [5, 5.41) is 6.89. The highest BCUT2D eigenvalue weighted by atomic mass is 79.9. The lowest BCUT2D eigenvalue weighted by molar-refractivity contribution is -0.121. The quantitative estimate of drug-likeness (QED) is 0.321. The van der Waals surface area contributed by atoms with E-state index in [1.807, 2.05) is 61.5 Å². The number of rotatable bonds is 10. The van der Waals surface area contributed by atoms with Crippen molar-refractivity contribution in [2.75, 3.05) is 25.5 Å². The molecular weight excluding hydrogens is 432 g/mol. The van der Waals surface area contributed by atoms with E-state index >= 15 is 0 Å². The monoisotopic (exact) mass is 458 g/mol. The van der Waals surface area contributed by atoms with Crippen molar-refractivity contribution in [3.8, 4) is 0 Å². The summed E-state index contributed by atoms with van der Waals surface area (Å²) in [5.41, 5.74) is 5.21. The molecule has 0 unspecified atom stereocenters. The molecule has 6 nitrogen and oxygen atoms in total. The van der Waals surface area contributed by atoms with Gasteiger partial charge < -0.3 is 10.2 Å². The van der Waals surface area contributed by atoms with Gasteiger partial charge in [-0.05, 0) is 58.6 Å². The normalized spacial score (nSPS) is 10.7. The first kappa shape index (κ1) is 22.6. The molecular formula is C22H27BrN4O2. The topological polar surface area (TPSA) is 73.8 Å². The van der Waals surface area contributed by atoms with E-state index in [0.717, 1.165) is 35.0 Å². The maximum absolute atomic E-state index is 12.1. The molecule has 154 valence electrons. The van der Waals surface area contributed by atoms with Crippen LogP contribution in [-0.4, -0.2) is 38.7 Å². The fourth-order valence-electron chi connectivity index (χ4n) is 2.62. The van der Waals surface area contributed by atoms with Crippen molar-refractivity contribution in [1.82, 2.24) is 10.7 Å². The zero-order valence-corrected chi connectivity index (χ0v) is 18.4. The molecule has 0 atom stereocenters. The van der Waals surface area contributed by atoms with Crippen LogP contribution in [0.5, 0.6) is 0 Å². The van der Waals surface area contributed by atoms with Crippen molar-refractivity contribution in [2.24, 2.45) is 5.10 Å². The van der Waals surface area contributed by atoms with Gasteiger partial charge in [-0.15, -0.1) is 0 Å². The number of carbonyl (C=O) groups is 2. The lowest BCUT2D eigenvalue weighted by Crippen LogP contribution is -2.24. The van der Waals surface area contributed by atoms with Gasteiger partial charge in [-0.3, -0.25) is 9.59 Å². The number of nitrogens with one attached hydrogen (secondary N) is 2. The summed E-state index contributed by atoms with van der Waals surface area (Å²) in [4.78, 5) is 25.9. The Balaban J connectivity index is 1.57. The first-order valence-corrected chi connectivity index (χ1v) is 10.4. The standard InChI is InChI=1S/C22H27BrN4O2/c1-27(2)18-13-11-17(12-14-18)16-25-26-21(28)10-4-3-7-15-24-22(29)19-8-5-6-9-20(19)23/h5-6,8-9,11-14,16H,3-4,7,10,15H2,1-2H3,(H,24,29)(H,26,28). The van der Waals surface area contributed by atoms with E-state index in [1.54, 1.807) is 12.3 Å². The number of unbranched alkanes of at least 4 members (excludes halogenated alkanes) is 2. The summed E-state index contributed by atoms with van der Waals surface area (Å²) in [6.07, 6.45) is 4.48. The Morgan fingerprint density at radius 1 is 1.03 bits per heavy atom. The van der Waals surface area contributed by atoms with Crippen LogP contribution in [0.15, 0.2) is 58.1 Å². The van der Waals surface area contributed by atoms with Crippen LogP contribution in [0.25, 0.3) is 0 Å². The lowest BCUT2D eigenvalue weighted by Gasteiger charge is -2.11. The fourth-order valence-corrected chi connectivity index (χ4v) is 3.09. The van der Waals surface area contributed by atoms with Crippen LogP contribution >= 0.6 is 15.9 Å². The van der Waals surface area contributed by atoms with Gasteiger partial charge in [0, 0.05) is 37.2 Å². The molecule has 0 aliphatic rings. The van der Waals surface area contributed by atoms with Gasteiger partial charge in [-0.2, -0.15) is 5.10 Å². The zero-order chi connectivity index (χ0) is 21.1. The molecule has 0 radical (unpaired) electrons. The Morgan fingerprint density at radius 3 is 2.45 bits per heavy atom. The molecule has 7 heteroatoms. The van der Waals surface area contributed by atoms with Crippen LogP contribution in [0.4, 0.5) is 5.69 Å². The fraction of sp³-hybridized carbons (Fsp3) is 0.318. The minimum absolute atomic E-state index is 0.0943. The molecule has 0 aliphatic heterocycles. The Bertz CT molecular complexity index is 835. The molecule has 0 fully saturated rings. The van der Waals surface area contributed by atoms with Crippen LogP contribution in [0.3, 0.4) is 0 Å². The average Bonchev–Trinajstić information content (AvgIpc) is 2.71. The molecule has 0 aromatic heterocycles. The molecule has 29 heavy (non-hydrogen) atoms. The maximum Gasteiger partial charge on any atom is 0.252 e. The molecule has 0 spiro atoms. The SMILES string of the molecule is CN(C)c1ccc(C=NNC(=O)CCCCCNC(=O)c2ccccc2Br)cc1. The average molecular weight is 459 g/mol. The number of hydrogen-bond donors (Lipinski definition) is 2. The maximum atomic E-state index is 12.1. The number of hydrogen-bond acceptors (Lipinski definition) is 4. The largest absolute Gasteiger partial charge is 0.378 e. The molecule has 2 rings (SSSR count).